The molecule has 3 amide bonds. The van der Waals surface area contributed by atoms with E-state index in [1.54, 1.807) is 12.1 Å². The van der Waals surface area contributed by atoms with Gasteiger partial charge in [0.2, 0.25) is 5.91 Å². The quantitative estimate of drug-likeness (QED) is 0.803. The number of urea groups is 1. The molecule has 7 heteroatoms. The summed E-state index contributed by atoms with van der Waals surface area (Å²) in [5, 5.41) is 7.01. The Morgan fingerprint density at radius 3 is 2.00 bits per heavy atom. The van der Waals surface area contributed by atoms with Crippen LogP contribution in [-0.4, -0.2) is 11.9 Å². The molecule has 0 fully saturated rings. The molecule has 0 unspecified atom stereocenters. The molecule has 2 rings (SSSR count). The van der Waals surface area contributed by atoms with Crippen LogP contribution in [0.3, 0.4) is 0 Å². The number of anilines is 3. The van der Waals surface area contributed by atoms with Crippen molar-refractivity contribution >= 4 is 29.0 Å². The van der Waals surface area contributed by atoms with Crippen LogP contribution in [0.4, 0.5) is 30.6 Å². The van der Waals surface area contributed by atoms with E-state index >= 15 is 0 Å². The van der Waals surface area contributed by atoms with Crippen LogP contribution < -0.4 is 16.0 Å². The van der Waals surface area contributed by atoms with E-state index < -0.39 is 23.6 Å². The lowest BCUT2D eigenvalue weighted by molar-refractivity contribution is -0.114. The molecule has 0 heterocycles. The van der Waals surface area contributed by atoms with Gasteiger partial charge in [-0.2, -0.15) is 0 Å². The third-order valence-electron chi connectivity index (χ3n) is 2.93. The predicted octanol–water partition coefficient (Wildman–Crippen LogP) is 3.88. The molecule has 0 radical (unpaired) electrons. The highest BCUT2D eigenvalue weighted by Gasteiger charge is 2.13. The Balaban J connectivity index is 2.13. The number of amides is 3. The van der Waals surface area contributed by atoms with Crippen LogP contribution in [-0.2, 0) is 4.79 Å². The lowest BCUT2D eigenvalue weighted by Crippen LogP contribution is -2.20. The van der Waals surface area contributed by atoms with Gasteiger partial charge in [0.15, 0.2) is 0 Å². The smallest absolute Gasteiger partial charge is 0.323 e. The minimum Gasteiger partial charge on any atom is -0.324 e. The minimum absolute atomic E-state index is 0.218. The average Bonchev–Trinajstić information content (AvgIpc) is 2.46. The van der Waals surface area contributed by atoms with E-state index in [1.165, 1.54) is 6.92 Å². The molecule has 2 aromatic carbocycles. The van der Waals surface area contributed by atoms with E-state index in [2.05, 4.69) is 16.0 Å². The van der Waals surface area contributed by atoms with Gasteiger partial charge in [-0.25, -0.2) is 13.6 Å². The number of halogens is 2. The topological polar surface area (TPSA) is 70.2 Å². The van der Waals surface area contributed by atoms with E-state index in [0.717, 1.165) is 11.6 Å². The van der Waals surface area contributed by atoms with Crippen molar-refractivity contribution in [2.45, 2.75) is 13.8 Å². The van der Waals surface area contributed by atoms with Crippen LogP contribution in [0.2, 0.25) is 0 Å². The van der Waals surface area contributed by atoms with Gasteiger partial charge in [-0.15, -0.1) is 0 Å². The van der Waals surface area contributed by atoms with Crippen LogP contribution in [0, 0.1) is 18.6 Å². The second kappa shape index (κ2) is 6.87. The number of benzene rings is 2. The predicted molar refractivity (Wildman–Crippen MR) is 84.5 cm³/mol. The average molecular weight is 319 g/mol. The number of hydrogen-bond donors (Lipinski definition) is 3. The number of aryl methyl sites for hydroxylation is 1. The molecule has 5 nitrogen and oxygen atoms in total. The van der Waals surface area contributed by atoms with Gasteiger partial charge in [0.05, 0.1) is 11.4 Å². The zero-order valence-corrected chi connectivity index (χ0v) is 12.5. The molecule has 0 aliphatic heterocycles. The Morgan fingerprint density at radius 2 is 1.43 bits per heavy atom. The van der Waals surface area contributed by atoms with Crippen molar-refractivity contribution in [1.82, 2.24) is 0 Å². The van der Waals surface area contributed by atoms with Crippen molar-refractivity contribution in [3.63, 3.8) is 0 Å². The van der Waals surface area contributed by atoms with Crippen molar-refractivity contribution in [2.75, 3.05) is 16.0 Å². The van der Waals surface area contributed by atoms with Crippen molar-refractivity contribution in [2.24, 2.45) is 0 Å². The summed E-state index contributed by atoms with van der Waals surface area (Å²) in [5.74, 6) is -2.39. The van der Waals surface area contributed by atoms with Gasteiger partial charge in [0.1, 0.15) is 11.6 Å². The molecule has 0 saturated heterocycles. The molecule has 0 bridgehead atoms. The second-order valence-corrected chi connectivity index (χ2v) is 4.94. The summed E-state index contributed by atoms with van der Waals surface area (Å²) in [6.45, 7) is 3.10. The lowest BCUT2D eigenvalue weighted by Gasteiger charge is -2.11. The third kappa shape index (κ3) is 4.50. The first-order valence-corrected chi connectivity index (χ1v) is 6.76. The van der Waals surface area contributed by atoms with Gasteiger partial charge in [-0.3, -0.25) is 4.79 Å². The van der Waals surface area contributed by atoms with Gasteiger partial charge in [-0.05, 0) is 25.1 Å². The van der Waals surface area contributed by atoms with Crippen LogP contribution in [0.25, 0.3) is 0 Å². The molecular weight excluding hydrogens is 304 g/mol. The second-order valence-electron chi connectivity index (χ2n) is 4.94. The van der Waals surface area contributed by atoms with Crippen LogP contribution in [0.5, 0.6) is 0 Å². The number of carbonyl (C=O) groups is 2. The van der Waals surface area contributed by atoms with Gasteiger partial charge in [-0.1, -0.05) is 17.7 Å². The van der Waals surface area contributed by atoms with Crippen LogP contribution in [0.1, 0.15) is 12.5 Å². The zero-order chi connectivity index (χ0) is 17.0. The van der Waals surface area contributed by atoms with Crippen LogP contribution in [0.15, 0.2) is 36.4 Å². The maximum Gasteiger partial charge on any atom is 0.323 e. The fraction of sp³-hybridized carbons (Fsp3) is 0.125. The van der Waals surface area contributed by atoms with Crippen molar-refractivity contribution in [1.29, 1.82) is 0 Å². The van der Waals surface area contributed by atoms with E-state index in [9.17, 15) is 18.4 Å². The Bertz CT molecular complexity index is 746. The highest BCUT2D eigenvalue weighted by Crippen LogP contribution is 2.23. The van der Waals surface area contributed by atoms with Crippen LogP contribution >= 0.6 is 0 Å². The first kappa shape index (κ1) is 16.4. The Labute approximate surface area is 131 Å². The highest BCUT2D eigenvalue weighted by atomic mass is 19.1. The standard InChI is InChI=1S/C16H15F2N3O2/c1-9-3-5-11(6-4-9)20-16(23)21-15-8-14(19-10(2)22)12(17)7-13(15)18/h3-8H,1-2H3,(H,19,22)(H2,20,21,23). The number of hydrogen-bond acceptors (Lipinski definition) is 2. The Kier molecular flexibility index (Phi) is 4.90. The monoisotopic (exact) mass is 319 g/mol. The van der Waals surface area contributed by atoms with Gasteiger partial charge >= 0.3 is 6.03 Å². The summed E-state index contributed by atoms with van der Waals surface area (Å²) in [4.78, 5) is 22.8. The number of nitrogens with one attached hydrogen (secondary N) is 3. The first-order valence-electron chi connectivity index (χ1n) is 6.76. The third-order valence-corrected chi connectivity index (χ3v) is 2.93. The summed E-state index contributed by atoms with van der Waals surface area (Å²) in [5.41, 5.74) is 1.09. The van der Waals surface area contributed by atoms with E-state index in [4.69, 9.17) is 0 Å². The van der Waals surface area contributed by atoms with Gasteiger partial charge in [0, 0.05) is 18.7 Å². The fourth-order valence-electron chi connectivity index (χ4n) is 1.85. The van der Waals surface area contributed by atoms with E-state index in [0.29, 0.717) is 11.8 Å². The minimum atomic E-state index is -0.948. The molecule has 2 aromatic rings. The molecule has 0 aromatic heterocycles. The summed E-state index contributed by atoms with van der Waals surface area (Å²) in [6.07, 6.45) is 0. The maximum absolute atomic E-state index is 13.7. The summed E-state index contributed by atoms with van der Waals surface area (Å²) < 4.78 is 27.3. The number of rotatable bonds is 3. The van der Waals surface area contributed by atoms with E-state index in [1.807, 2.05) is 19.1 Å². The van der Waals surface area contributed by atoms with Gasteiger partial charge in [0.25, 0.3) is 0 Å². The normalized spacial score (nSPS) is 10.1. The SMILES string of the molecule is CC(=O)Nc1cc(NC(=O)Nc2ccc(C)cc2)c(F)cc1F. The fourth-order valence-corrected chi connectivity index (χ4v) is 1.85. The van der Waals surface area contributed by atoms with Gasteiger partial charge < -0.3 is 16.0 Å². The van der Waals surface area contributed by atoms with Crippen molar-refractivity contribution in [3.8, 4) is 0 Å². The van der Waals surface area contributed by atoms with Crippen molar-refractivity contribution in [3.05, 3.63) is 53.6 Å². The molecule has 0 spiro atoms. The summed E-state index contributed by atoms with van der Waals surface area (Å²) in [6, 6.07) is 7.92. The maximum atomic E-state index is 13.7. The zero-order valence-electron chi connectivity index (χ0n) is 12.5. The Hall–Kier alpha value is -2.96. The van der Waals surface area contributed by atoms with E-state index in [-0.39, 0.29) is 11.4 Å². The highest BCUT2D eigenvalue weighted by molar-refractivity contribution is 6.00. The molecular formula is C16H15F2N3O2. The molecule has 3 N–H and O–H groups in total. The Morgan fingerprint density at radius 1 is 0.870 bits per heavy atom. The summed E-state index contributed by atoms with van der Waals surface area (Å²) >= 11 is 0. The molecule has 0 aliphatic rings. The molecule has 0 saturated carbocycles. The number of carbonyl (C=O) groups excluding carboxylic acids is 2. The van der Waals surface area contributed by atoms with Crippen molar-refractivity contribution < 1.29 is 18.4 Å². The first-order chi connectivity index (χ1) is 10.8. The lowest BCUT2D eigenvalue weighted by atomic mass is 10.2. The molecule has 0 atom stereocenters. The molecule has 120 valence electrons. The largest absolute Gasteiger partial charge is 0.324 e. The summed E-state index contributed by atoms with van der Waals surface area (Å²) in [7, 11) is 0. The molecule has 23 heavy (non-hydrogen) atoms. The molecule has 0 aliphatic carbocycles.